The summed E-state index contributed by atoms with van der Waals surface area (Å²) >= 11 is 3.39. The predicted octanol–water partition coefficient (Wildman–Crippen LogP) is 4.34. The van der Waals surface area contributed by atoms with Crippen LogP contribution in [0.2, 0.25) is 0 Å². The first-order valence-corrected chi connectivity index (χ1v) is 7.56. The molecule has 1 amide bonds. The Morgan fingerprint density at radius 3 is 2.57 bits per heavy atom. The Bertz CT molecular complexity index is 623. The molecular formula is C17H18BrNO2. The second-order valence-electron chi connectivity index (χ2n) is 4.88. The summed E-state index contributed by atoms with van der Waals surface area (Å²) in [5.41, 5.74) is 3.07. The molecule has 0 spiro atoms. The third-order valence-electron chi connectivity index (χ3n) is 3.20. The van der Waals surface area contributed by atoms with Crippen LogP contribution in [0, 0.1) is 6.92 Å². The summed E-state index contributed by atoms with van der Waals surface area (Å²) in [5, 5.41) is 2.89. The Hall–Kier alpha value is -1.81. The molecule has 0 unspecified atom stereocenters. The van der Waals surface area contributed by atoms with Gasteiger partial charge in [0.05, 0.1) is 12.8 Å². The van der Waals surface area contributed by atoms with Crippen molar-refractivity contribution in [1.29, 1.82) is 0 Å². The maximum absolute atomic E-state index is 12.1. The predicted molar refractivity (Wildman–Crippen MR) is 88.8 cm³/mol. The van der Waals surface area contributed by atoms with Crippen molar-refractivity contribution in [3.05, 3.63) is 58.1 Å². The van der Waals surface area contributed by atoms with Crippen LogP contribution in [0.15, 0.2) is 46.9 Å². The summed E-state index contributed by atoms with van der Waals surface area (Å²) in [6.45, 7) is 2.05. The molecule has 2 aromatic carbocycles. The third kappa shape index (κ3) is 4.60. The number of anilines is 1. The Kier molecular flexibility index (Phi) is 5.39. The van der Waals surface area contributed by atoms with Crippen LogP contribution in [0.1, 0.15) is 17.5 Å². The molecule has 2 rings (SSSR count). The molecule has 3 nitrogen and oxygen atoms in total. The smallest absolute Gasteiger partial charge is 0.224 e. The molecule has 0 aliphatic carbocycles. The Morgan fingerprint density at radius 1 is 1.19 bits per heavy atom. The number of aryl methyl sites for hydroxylation is 2. The lowest BCUT2D eigenvalue weighted by atomic mass is 10.1. The number of hydrogen-bond acceptors (Lipinski definition) is 2. The molecule has 0 atom stereocenters. The fourth-order valence-electron chi connectivity index (χ4n) is 2.00. The van der Waals surface area contributed by atoms with Crippen molar-refractivity contribution < 1.29 is 9.53 Å². The summed E-state index contributed by atoms with van der Waals surface area (Å²) in [5.74, 6) is 0.633. The number of amides is 1. The van der Waals surface area contributed by atoms with Crippen molar-refractivity contribution in [3.8, 4) is 5.75 Å². The van der Waals surface area contributed by atoms with Crippen LogP contribution < -0.4 is 10.1 Å². The number of hydrogen-bond donors (Lipinski definition) is 1. The summed E-state index contributed by atoms with van der Waals surface area (Å²) in [7, 11) is 1.59. The Labute approximate surface area is 133 Å². The molecule has 4 heteroatoms. The molecule has 0 aliphatic heterocycles. The van der Waals surface area contributed by atoms with Crippen LogP contribution in [0.25, 0.3) is 0 Å². The van der Waals surface area contributed by atoms with E-state index in [-0.39, 0.29) is 5.91 Å². The van der Waals surface area contributed by atoms with E-state index < -0.39 is 0 Å². The van der Waals surface area contributed by atoms with Gasteiger partial charge in [0.15, 0.2) is 0 Å². The van der Waals surface area contributed by atoms with E-state index >= 15 is 0 Å². The molecule has 0 fully saturated rings. The molecule has 1 N–H and O–H groups in total. The van der Waals surface area contributed by atoms with Gasteiger partial charge >= 0.3 is 0 Å². The first-order chi connectivity index (χ1) is 10.1. The van der Waals surface area contributed by atoms with E-state index in [1.807, 2.05) is 18.2 Å². The molecule has 0 bridgehead atoms. The van der Waals surface area contributed by atoms with Crippen LogP contribution in [-0.4, -0.2) is 13.0 Å². The van der Waals surface area contributed by atoms with Crippen molar-refractivity contribution in [3.63, 3.8) is 0 Å². The summed E-state index contributed by atoms with van der Waals surface area (Å²) < 4.78 is 6.14. The normalized spacial score (nSPS) is 10.2. The van der Waals surface area contributed by atoms with Crippen molar-refractivity contribution in [2.24, 2.45) is 0 Å². The molecule has 0 heterocycles. The minimum atomic E-state index is -0.0213. The number of methoxy groups -OCH3 is 1. The second kappa shape index (κ2) is 7.27. The van der Waals surface area contributed by atoms with Gasteiger partial charge < -0.3 is 10.1 Å². The number of carbonyl (C=O) groups is 1. The molecule has 2 aromatic rings. The van der Waals surface area contributed by atoms with Gasteiger partial charge in [-0.3, -0.25) is 4.79 Å². The standard InChI is InChI=1S/C17H18BrNO2/c1-12-3-5-13(6-4-12)7-10-17(20)19-15-11-14(18)8-9-16(15)21-2/h3-6,8-9,11H,7,10H2,1-2H3,(H,19,20). The average molecular weight is 348 g/mol. The quantitative estimate of drug-likeness (QED) is 0.873. The zero-order valence-corrected chi connectivity index (χ0v) is 13.7. The van der Waals surface area contributed by atoms with Crippen molar-refractivity contribution in [2.45, 2.75) is 19.8 Å². The molecule has 21 heavy (non-hydrogen) atoms. The Balaban J connectivity index is 1.95. The van der Waals surface area contributed by atoms with Gasteiger partial charge in [-0.05, 0) is 37.1 Å². The second-order valence-corrected chi connectivity index (χ2v) is 5.79. The molecule has 0 saturated heterocycles. The highest BCUT2D eigenvalue weighted by atomic mass is 79.9. The highest BCUT2D eigenvalue weighted by Crippen LogP contribution is 2.28. The van der Waals surface area contributed by atoms with Crippen molar-refractivity contribution >= 4 is 27.5 Å². The number of benzene rings is 2. The number of ether oxygens (including phenoxy) is 1. The third-order valence-corrected chi connectivity index (χ3v) is 3.69. The lowest BCUT2D eigenvalue weighted by Crippen LogP contribution is -2.13. The topological polar surface area (TPSA) is 38.3 Å². The number of halogens is 1. The maximum Gasteiger partial charge on any atom is 0.224 e. The van der Waals surface area contributed by atoms with E-state index in [4.69, 9.17) is 4.74 Å². The van der Waals surface area contributed by atoms with Crippen LogP contribution in [0.4, 0.5) is 5.69 Å². The summed E-state index contributed by atoms with van der Waals surface area (Å²) in [4.78, 5) is 12.1. The zero-order valence-electron chi connectivity index (χ0n) is 12.2. The van der Waals surface area contributed by atoms with Crippen LogP contribution >= 0.6 is 15.9 Å². The van der Waals surface area contributed by atoms with Gasteiger partial charge in [-0.2, -0.15) is 0 Å². The fourth-order valence-corrected chi connectivity index (χ4v) is 2.36. The van der Waals surface area contributed by atoms with Crippen LogP contribution in [-0.2, 0) is 11.2 Å². The maximum atomic E-state index is 12.1. The van der Waals surface area contributed by atoms with E-state index in [9.17, 15) is 4.79 Å². The average Bonchev–Trinajstić information content (AvgIpc) is 2.47. The zero-order chi connectivity index (χ0) is 15.2. The van der Waals surface area contributed by atoms with Gasteiger partial charge in [0.2, 0.25) is 5.91 Å². The van der Waals surface area contributed by atoms with E-state index in [1.54, 1.807) is 7.11 Å². The van der Waals surface area contributed by atoms with Crippen molar-refractivity contribution in [2.75, 3.05) is 12.4 Å². The van der Waals surface area contributed by atoms with E-state index in [0.29, 0.717) is 17.9 Å². The van der Waals surface area contributed by atoms with Crippen LogP contribution in [0.5, 0.6) is 5.75 Å². The van der Waals surface area contributed by atoms with E-state index in [1.165, 1.54) is 5.56 Å². The lowest BCUT2D eigenvalue weighted by molar-refractivity contribution is -0.116. The number of rotatable bonds is 5. The molecule has 0 saturated carbocycles. The highest BCUT2D eigenvalue weighted by molar-refractivity contribution is 9.10. The minimum Gasteiger partial charge on any atom is -0.495 e. The van der Waals surface area contributed by atoms with Gasteiger partial charge in [-0.15, -0.1) is 0 Å². The first kappa shape index (κ1) is 15.6. The molecular weight excluding hydrogens is 330 g/mol. The monoisotopic (exact) mass is 347 g/mol. The van der Waals surface area contributed by atoms with Crippen LogP contribution in [0.3, 0.4) is 0 Å². The number of nitrogens with one attached hydrogen (secondary N) is 1. The SMILES string of the molecule is COc1ccc(Br)cc1NC(=O)CCc1ccc(C)cc1. The minimum absolute atomic E-state index is 0.0213. The first-order valence-electron chi connectivity index (χ1n) is 6.77. The van der Waals surface area contributed by atoms with Gasteiger partial charge in [-0.1, -0.05) is 45.8 Å². The van der Waals surface area contributed by atoms with Gasteiger partial charge in [-0.25, -0.2) is 0 Å². The van der Waals surface area contributed by atoms with E-state index in [2.05, 4.69) is 52.4 Å². The Morgan fingerprint density at radius 2 is 1.90 bits per heavy atom. The van der Waals surface area contributed by atoms with Gasteiger partial charge in [0, 0.05) is 10.9 Å². The van der Waals surface area contributed by atoms with Crippen molar-refractivity contribution in [1.82, 2.24) is 0 Å². The summed E-state index contributed by atoms with van der Waals surface area (Å²) in [6.07, 6.45) is 1.17. The number of carbonyl (C=O) groups excluding carboxylic acids is 1. The molecule has 110 valence electrons. The fraction of sp³-hybridized carbons (Fsp3) is 0.235. The molecule has 0 aliphatic rings. The van der Waals surface area contributed by atoms with E-state index in [0.717, 1.165) is 16.5 Å². The summed E-state index contributed by atoms with van der Waals surface area (Å²) in [6, 6.07) is 13.8. The van der Waals surface area contributed by atoms with Gasteiger partial charge in [0.25, 0.3) is 0 Å². The molecule has 0 radical (unpaired) electrons. The molecule has 0 aromatic heterocycles. The highest BCUT2D eigenvalue weighted by Gasteiger charge is 2.08. The van der Waals surface area contributed by atoms with Gasteiger partial charge in [0.1, 0.15) is 5.75 Å². The largest absolute Gasteiger partial charge is 0.495 e. The lowest BCUT2D eigenvalue weighted by Gasteiger charge is -2.10.